The summed E-state index contributed by atoms with van der Waals surface area (Å²) in [5.41, 5.74) is 3.58. The zero-order chi connectivity index (χ0) is 29.0. The summed E-state index contributed by atoms with van der Waals surface area (Å²) in [6.07, 6.45) is 11.6. The fraction of sp³-hybridized carbons (Fsp3) is 0.645. The van der Waals surface area contributed by atoms with Crippen molar-refractivity contribution in [3.63, 3.8) is 0 Å². The molecule has 0 spiro atoms. The summed E-state index contributed by atoms with van der Waals surface area (Å²) in [7, 11) is -1.48. The summed E-state index contributed by atoms with van der Waals surface area (Å²) >= 11 is 0. The third-order valence-corrected chi connectivity index (χ3v) is 10.8. The molecule has 4 heterocycles. The summed E-state index contributed by atoms with van der Waals surface area (Å²) in [5, 5.41) is 0. The molecule has 0 radical (unpaired) electrons. The Hall–Kier alpha value is -2.40. The second-order valence-electron chi connectivity index (χ2n) is 12.0. The molecule has 9 nitrogen and oxygen atoms in total. The van der Waals surface area contributed by atoms with Gasteiger partial charge in [0.05, 0.1) is 18.5 Å². The minimum Gasteiger partial charge on any atom is -0.370 e. The van der Waals surface area contributed by atoms with Crippen molar-refractivity contribution in [3.8, 4) is 0 Å². The van der Waals surface area contributed by atoms with E-state index in [0.29, 0.717) is 24.8 Å². The first-order chi connectivity index (χ1) is 19.7. The van der Waals surface area contributed by atoms with Gasteiger partial charge in [0.25, 0.3) is 5.91 Å². The lowest BCUT2D eigenvalue weighted by atomic mass is 9.95. The Balaban J connectivity index is 1.11. The molecule has 10 heteroatoms. The van der Waals surface area contributed by atoms with Crippen LogP contribution in [0, 0.1) is 6.92 Å². The standard InChI is InChI=1S/C31H45N5O4S/c1-23-28(13-12-27-10-7-11-29(40-27)24-8-5-4-6-9-24)32-22-33-30(23)31(37)36-20-16-26(17-21-36)35-18-14-25(15-19-35)34(2)41(3,38)39/h4-6,8-9,22,25-27,29H,7,10-21H2,1-3H3/t27-,29+/m1/s1. The number of aromatic nitrogens is 2. The van der Waals surface area contributed by atoms with E-state index in [-0.39, 0.29) is 24.2 Å². The fourth-order valence-corrected chi connectivity index (χ4v) is 7.50. The normalized spacial score (nSPS) is 23.7. The number of carbonyl (C=O) groups excluding carboxylic acids is 1. The molecule has 3 aliphatic rings. The zero-order valence-electron chi connectivity index (χ0n) is 24.7. The number of rotatable bonds is 8. The number of amides is 1. The number of carbonyl (C=O) groups is 1. The summed E-state index contributed by atoms with van der Waals surface area (Å²) in [6.45, 7) is 5.19. The van der Waals surface area contributed by atoms with Crippen LogP contribution in [0.4, 0.5) is 0 Å². The third-order valence-electron chi connectivity index (χ3n) is 9.42. The van der Waals surface area contributed by atoms with Gasteiger partial charge in [0.1, 0.15) is 12.0 Å². The lowest BCUT2D eigenvalue weighted by Crippen LogP contribution is -2.52. The second-order valence-corrected chi connectivity index (χ2v) is 14.0. The molecular weight excluding hydrogens is 538 g/mol. The van der Waals surface area contributed by atoms with Crippen LogP contribution >= 0.6 is 0 Å². The molecular formula is C31H45N5O4S. The molecule has 41 heavy (non-hydrogen) atoms. The Morgan fingerprint density at radius 3 is 2.39 bits per heavy atom. The number of nitrogens with zero attached hydrogens (tertiary/aromatic N) is 5. The SMILES string of the molecule is Cc1c(CC[C@H]2CCC[C@@H](c3ccccc3)O2)ncnc1C(=O)N1CCC(N2CCC(N(C)S(C)(=O)=O)CC2)CC1. The van der Waals surface area contributed by atoms with E-state index in [1.165, 1.54) is 22.5 Å². The van der Waals surface area contributed by atoms with Gasteiger partial charge >= 0.3 is 0 Å². The van der Waals surface area contributed by atoms with Crippen molar-refractivity contribution in [1.29, 1.82) is 0 Å². The number of ether oxygens (including phenoxy) is 1. The van der Waals surface area contributed by atoms with Gasteiger partial charge in [-0.05, 0) is 83.4 Å². The minimum atomic E-state index is -3.16. The average Bonchev–Trinajstić information content (AvgIpc) is 3.00. The van der Waals surface area contributed by atoms with Crippen LogP contribution in [-0.4, -0.2) is 96.1 Å². The highest BCUT2D eigenvalue weighted by Gasteiger charge is 2.33. The molecule has 0 saturated carbocycles. The van der Waals surface area contributed by atoms with Gasteiger partial charge in [0.2, 0.25) is 10.0 Å². The van der Waals surface area contributed by atoms with Gasteiger partial charge in [-0.1, -0.05) is 30.3 Å². The van der Waals surface area contributed by atoms with E-state index < -0.39 is 10.0 Å². The van der Waals surface area contributed by atoms with Crippen LogP contribution in [0.3, 0.4) is 0 Å². The fourth-order valence-electron chi connectivity index (χ4n) is 6.75. The van der Waals surface area contributed by atoms with E-state index in [1.807, 2.05) is 17.9 Å². The molecule has 3 saturated heterocycles. The highest BCUT2D eigenvalue weighted by molar-refractivity contribution is 7.88. The lowest BCUT2D eigenvalue weighted by molar-refractivity contribution is -0.0547. The lowest BCUT2D eigenvalue weighted by Gasteiger charge is -2.43. The van der Waals surface area contributed by atoms with Crippen molar-refractivity contribution >= 4 is 15.9 Å². The van der Waals surface area contributed by atoms with Crippen molar-refractivity contribution in [1.82, 2.24) is 24.1 Å². The van der Waals surface area contributed by atoms with E-state index in [2.05, 4.69) is 39.1 Å². The minimum absolute atomic E-state index is 0.00357. The predicted molar refractivity (Wildman–Crippen MR) is 159 cm³/mol. The topological polar surface area (TPSA) is 95.9 Å². The summed E-state index contributed by atoms with van der Waals surface area (Å²) in [4.78, 5) is 26.9. The van der Waals surface area contributed by atoms with Gasteiger partial charge in [-0.2, -0.15) is 0 Å². The molecule has 0 N–H and O–H groups in total. The first kappa shape index (κ1) is 30.1. The number of benzene rings is 1. The van der Waals surface area contributed by atoms with Crippen molar-refractivity contribution in [2.75, 3.05) is 39.5 Å². The van der Waals surface area contributed by atoms with E-state index >= 15 is 0 Å². The second kappa shape index (κ2) is 13.3. The molecule has 3 fully saturated rings. The number of likely N-dealkylation sites (tertiary alicyclic amines) is 2. The van der Waals surface area contributed by atoms with Crippen LogP contribution < -0.4 is 0 Å². The summed E-state index contributed by atoms with van der Waals surface area (Å²) in [5.74, 6) is -0.00357. The quantitative estimate of drug-likeness (QED) is 0.464. The van der Waals surface area contributed by atoms with Crippen LogP contribution in [0.1, 0.15) is 84.8 Å². The van der Waals surface area contributed by atoms with Gasteiger partial charge in [-0.25, -0.2) is 22.7 Å². The Morgan fingerprint density at radius 2 is 1.71 bits per heavy atom. The molecule has 0 unspecified atom stereocenters. The maximum Gasteiger partial charge on any atom is 0.272 e. The molecule has 2 aromatic rings. The number of piperidine rings is 2. The van der Waals surface area contributed by atoms with E-state index in [4.69, 9.17) is 4.74 Å². The molecule has 1 aromatic heterocycles. The van der Waals surface area contributed by atoms with Crippen LogP contribution in [-0.2, 0) is 21.2 Å². The highest BCUT2D eigenvalue weighted by Crippen LogP contribution is 2.33. The zero-order valence-corrected chi connectivity index (χ0v) is 25.6. The van der Waals surface area contributed by atoms with Gasteiger partial charge in [-0.3, -0.25) is 4.79 Å². The van der Waals surface area contributed by atoms with Crippen molar-refractivity contribution < 1.29 is 17.9 Å². The third kappa shape index (κ3) is 7.34. The molecule has 224 valence electrons. The van der Waals surface area contributed by atoms with Crippen molar-refractivity contribution in [3.05, 3.63) is 59.2 Å². The molecule has 1 aromatic carbocycles. The summed E-state index contributed by atoms with van der Waals surface area (Å²) in [6, 6.07) is 11.0. The van der Waals surface area contributed by atoms with Crippen LogP contribution in [0.15, 0.2) is 36.7 Å². The first-order valence-corrected chi connectivity index (χ1v) is 17.0. The van der Waals surface area contributed by atoms with Gasteiger partial charge in [0.15, 0.2) is 0 Å². The van der Waals surface area contributed by atoms with E-state index in [0.717, 1.165) is 82.1 Å². The summed E-state index contributed by atoms with van der Waals surface area (Å²) < 4.78 is 31.8. The number of hydrogen-bond acceptors (Lipinski definition) is 7. The molecule has 5 rings (SSSR count). The Bertz CT molecular complexity index is 1270. The van der Waals surface area contributed by atoms with E-state index in [1.54, 1.807) is 7.05 Å². The average molecular weight is 584 g/mol. The maximum atomic E-state index is 13.5. The van der Waals surface area contributed by atoms with Crippen molar-refractivity contribution in [2.24, 2.45) is 0 Å². The molecule has 3 aliphatic heterocycles. The monoisotopic (exact) mass is 583 g/mol. The highest BCUT2D eigenvalue weighted by atomic mass is 32.2. The van der Waals surface area contributed by atoms with Crippen LogP contribution in [0.2, 0.25) is 0 Å². The van der Waals surface area contributed by atoms with Crippen LogP contribution in [0.5, 0.6) is 0 Å². The van der Waals surface area contributed by atoms with Gasteiger partial charge in [0, 0.05) is 43.5 Å². The molecule has 0 bridgehead atoms. The molecule has 0 aliphatic carbocycles. The number of sulfonamides is 1. The first-order valence-electron chi connectivity index (χ1n) is 15.2. The molecule has 1 amide bonds. The van der Waals surface area contributed by atoms with Crippen LogP contribution in [0.25, 0.3) is 0 Å². The maximum absolute atomic E-state index is 13.5. The Morgan fingerprint density at radius 1 is 1.00 bits per heavy atom. The Labute approximate surface area is 245 Å². The Kier molecular flexibility index (Phi) is 9.74. The largest absolute Gasteiger partial charge is 0.370 e. The number of hydrogen-bond donors (Lipinski definition) is 0. The predicted octanol–water partition coefficient (Wildman–Crippen LogP) is 3.99. The van der Waals surface area contributed by atoms with Crippen molar-refractivity contribution in [2.45, 2.75) is 89.0 Å². The van der Waals surface area contributed by atoms with Gasteiger partial charge in [-0.15, -0.1) is 0 Å². The molecule has 2 atom stereocenters. The smallest absolute Gasteiger partial charge is 0.272 e. The number of aryl methyl sites for hydroxylation is 1. The van der Waals surface area contributed by atoms with E-state index in [9.17, 15) is 13.2 Å². The van der Waals surface area contributed by atoms with Gasteiger partial charge < -0.3 is 14.5 Å².